The van der Waals surface area contributed by atoms with E-state index < -0.39 is 0 Å². The van der Waals surface area contributed by atoms with Crippen LogP contribution in [0, 0.1) is 0 Å². The molecule has 1 aromatic rings. The van der Waals surface area contributed by atoms with E-state index in [1.54, 1.807) is 6.07 Å². The van der Waals surface area contributed by atoms with Crippen molar-refractivity contribution in [3.05, 3.63) is 17.0 Å². The van der Waals surface area contributed by atoms with Crippen LogP contribution in [0.4, 0.5) is 5.82 Å². The minimum absolute atomic E-state index is 0.116. The van der Waals surface area contributed by atoms with Crippen LogP contribution < -0.4 is 10.6 Å². The van der Waals surface area contributed by atoms with Gasteiger partial charge in [0.25, 0.3) is 0 Å². The van der Waals surface area contributed by atoms with Crippen LogP contribution in [0.2, 0.25) is 5.15 Å². The van der Waals surface area contributed by atoms with Gasteiger partial charge in [-0.25, -0.2) is 9.97 Å². The summed E-state index contributed by atoms with van der Waals surface area (Å²) in [5.74, 6) is 1.78. The molecule has 1 amide bonds. The van der Waals surface area contributed by atoms with E-state index in [-0.39, 0.29) is 17.9 Å². The first-order valence-electron chi connectivity index (χ1n) is 6.12. The Morgan fingerprint density at radius 3 is 2.94 bits per heavy atom. The van der Waals surface area contributed by atoms with Crippen molar-refractivity contribution >= 4 is 23.3 Å². The Hall–Kier alpha value is -1.36. The summed E-state index contributed by atoms with van der Waals surface area (Å²) in [7, 11) is 0. The molecule has 1 aliphatic heterocycles. The summed E-state index contributed by atoms with van der Waals surface area (Å²) in [5, 5.41) is 6.53. The Balaban J connectivity index is 1.98. The molecule has 1 aliphatic rings. The van der Waals surface area contributed by atoms with E-state index in [2.05, 4.69) is 20.6 Å². The molecule has 1 aromatic heterocycles. The van der Waals surface area contributed by atoms with Crippen LogP contribution in [-0.4, -0.2) is 28.5 Å². The topological polar surface area (TPSA) is 66.9 Å². The van der Waals surface area contributed by atoms with E-state index in [4.69, 9.17) is 11.6 Å². The molecule has 1 atom stereocenters. The van der Waals surface area contributed by atoms with Crippen molar-refractivity contribution in [1.29, 1.82) is 0 Å². The zero-order chi connectivity index (χ0) is 13.1. The number of anilines is 1. The summed E-state index contributed by atoms with van der Waals surface area (Å²) in [6.45, 7) is 4.70. The Bertz CT molecular complexity index is 450. The third-order valence-corrected chi connectivity index (χ3v) is 3.04. The molecule has 18 heavy (non-hydrogen) atoms. The third-order valence-electron chi connectivity index (χ3n) is 2.84. The molecular weight excluding hydrogens is 252 g/mol. The molecule has 1 saturated heterocycles. The van der Waals surface area contributed by atoms with Crippen molar-refractivity contribution in [2.75, 3.05) is 11.9 Å². The monoisotopic (exact) mass is 268 g/mol. The SMILES string of the molecule is CC(C)c1nc(Cl)cc(NCC2CCC(=O)N2)n1. The predicted octanol–water partition coefficient (Wildman–Crippen LogP) is 1.94. The van der Waals surface area contributed by atoms with Gasteiger partial charge in [0.2, 0.25) is 5.91 Å². The Morgan fingerprint density at radius 2 is 2.33 bits per heavy atom. The predicted molar refractivity (Wildman–Crippen MR) is 70.8 cm³/mol. The molecule has 6 heteroatoms. The maximum atomic E-state index is 11.1. The average molecular weight is 269 g/mol. The lowest BCUT2D eigenvalue weighted by Crippen LogP contribution is -2.32. The molecule has 2 heterocycles. The fraction of sp³-hybridized carbons (Fsp3) is 0.583. The molecule has 2 rings (SSSR count). The summed E-state index contributed by atoms with van der Waals surface area (Å²) < 4.78 is 0. The molecule has 5 nitrogen and oxygen atoms in total. The number of hydrogen-bond acceptors (Lipinski definition) is 4. The van der Waals surface area contributed by atoms with Crippen molar-refractivity contribution in [2.45, 2.75) is 38.6 Å². The van der Waals surface area contributed by atoms with Gasteiger partial charge in [0.15, 0.2) is 0 Å². The van der Waals surface area contributed by atoms with Gasteiger partial charge in [-0.1, -0.05) is 25.4 Å². The smallest absolute Gasteiger partial charge is 0.220 e. The molecular formula is C12H17ClN4O. The van der Waals surface area contributed by atoms with Crippen molar-refractivity contribution in [3.8, 4) is 0 Å². The number of nitrogens with zero attached hydrogens (tertiary/aromatic N) is 2. The van der Waals surface area contributed by atoms with Crippen molar-refractivity contribution < 1.29 is 4.79 Å². The summed E-state index contributed by atoms with van der Waals surface area (Å²) in [5.41, 5.74) is 0. The lowest BCUT2D eigenvalue weighted by Gasteiger charge is -2.13. The van der Waals surface area contributed by atoms with Crippen LogP contribution in [0.3, 0.4) is 0 Å². The van der Waals surface area contributed by atoms with E-state index in [1.165, 1.54) is 0 Å². The number of halogens is 1. The molecule has 0 spiro atoms. The Labute approximate surface area is 111 Å². The van der Waals surface area contributed by atoms with E-state index in [0.717, 1.165) is 12.2 Å². The molecule has 0 aromatic carbocycles. The third kappa shape index (κ3) is 3.32. The highest BCUT2D eigenvalue weighted by molar-refractivity contribution is 6.29. The highest BCUT2D eigenvalue weighted by Crippen LogP contribution is 2.17. The van der Waals surface area contributed by atoms with Gasteiger partial charge in [-0.05, 0) is 6.42 Å². The molecule has 0 bridgehead atoms. The fourth-order valence-corrected chi connectivity index (χ4v) is 2.03. The summed E-state index contributed by atoms with van der Waals surface area (Å²) >= 11 is 5.95. The molecule has 1 unspecified atom stereocenters. The number of rotatable bonds is 4. The number of carbonyl (C=O) groups excluding carboxylic acids is 1. The fourth-order valence-electron chi connectivity index (χ4n) is 1.84. The number of carbonyl (C=O) groups is 1. The largest absolute Gasteiger partial charge is 0.368 e. The van der Waals surface area contributed by atoms with Crippen LogP contribution >= 0.6 is 11.6 Å². The maximum Gasteiger partial charge on any atom is 0.220 e. The van der Waals surface area contributed by atoms with Gasteiger partial charge in [0.05, 0.1) is 0 Å². The standard InChI is InChI=1S/C12H17ClN4O/c1-7(2)12-16-9(13)5-10(17-12)14-6-8-3-4-11(18)15-8/h5,7-8H,3-4,6H2,1-2H3,(H,15,18)(H,14,16,17). The lowest BCUT2D eigenvalue weighted by molar-refractivity contribution is -0.119. The summed E-state index contributed by atoms with van der Waals surface area (Å²) in [4.78, 5) is 19.6. The number of aromatic nitrogens is 2. The first kappa shape index (κ1) is 13.1. The second kappa shape index (κ2) is 5.52. The zero-order valence-corrected chi connectivity index (χ0v) is 11.3. The van der Waals surface area contributed by atoms with Crippen LogP contribution in [0.15, 0.2) is 6.07 Å². The average Bonchev–Trinajstić information content (AvgIpc) is 2.72. The second-order valence-corrected chi connectivity index (χ2v) is 5.16. The second-order valence-electron chi connectivity index (χ2n) is 4.77. The number of hydrogen-bond donors (Lipinski definition) is 2. The minimum Gasteiger partial charge on any atom is -0.368 e. The van der Waals surface area contributed by atoms with Gasteiger partial charge in [-0.15, -0.1) is 0 Å². The minimum atomic E-state index is 0.116. The lowest BCUT2D eigenvalue weighted by atomic mass is 10.2. The van der Waals surface area contributed by atoms with Crippen molar-refractivity contribution in [3.63, 3.8) is 0 Å². The zero-order valence-electron chi connectivity index (χ0n) is 10.5. The van der Waals surface area contributed by atoms with Gasteiger partial charge in [-0.3, -0.25) is 4.79 Å². The van der Waals surface area contributed by atoms with E-state index in [0.29, 0.717) is 23.9 Å². The van der Waals surface area contributed by atoms with Crippen LogP contribution in [-0.2, 0) is 4.79 Å². The quantitative estimate of drug-likeness (QED) is 0.819. The van der Waals surface area contributed by atoms with E-state index in [1.807, 2.05) is 13.8 Å². The summed E-state index contributed by atoms with van der Waals surface area (Å²) in [6.07, 6.45) is 1.47. The molecule has 1 fully saturated rings. The van der Waals surface area contributed by atoms with Crippen LogP contribution in [0.5, 0.6) is 0 Å². The van der Waals surface area contributed by atoms with Crippen molar-refractivity contribution in [1.82, 2.24) is 15.3 Å². The van der Waals surface area contributed by atoms with Crippen LogP contribution in [0.1, 0.15) is 38.4 Å². The molecule has 2 N–H and O–H groups in total. The van der Waals surface area contributed by atoms with Crippen LogP contribution in [0.25, 0.3) is 0 Å². The highest BCUT2D eigenvalue weighted by Gasteiger charge is 2.20. The molecule has 0 radical (unpaired) electrons. The van der Waals surface area contributed by atoms with E-state index in [9.17, 15) is 4.79 Å². The normalized spacial score (nSPS) is 19.1. The number of nitrogens with one attached hydrogen (secondary N) is 2. The molecule has 0 aliphatic carbocycles. The van der Waals surface area contributed by atoms with E-state index >= 15 is 0 Å². The Kier molecular flexibility index (Phi) is 4.01. The highest BCUT2D eigenvalue weighted by atomic mass is 35.5. The summed E-state index contributed by atoms with van der Waals surface area (Å²) in [6, 6.07) is 1.87. The maximum absolute atomic E-state index is 11.1. The first-order chi connectivity index (χ1) is 8.54. The van der Waals surface area contributed by atoms with Gasteiger partial charge in [-0.2, -0.15) is 0 Å². The van der Waals surface area contributed by atoms with Gasteiger partial charge >= 0.3 is 0 Å². The van der Waals surface area contributed by atoms with Gasteiger partial charge < -0.3 is 10.6 Å². The van der Waals surface area contributed by atoms with Crippen molar-refractivity contribution in [2.24, 2.45) is 0 Å². The first-order valence-corrected chi connectivity index (χ1v) is 6.50. The van der Waals surface area contributed by atoms with Gasteiger partial charge in [0.1, 0.15) is 16.8 Å². The molecule has 98 valence electrons. The molecule has 0 saturated carbocycles. The van der Waals surface area contributed by atoms with Gasteiger partial charge in [0, 0.05) is 31.0 Å². The Morgan fingerprint density at radius 1 is 1.56 bits per heavy atom. The number of amides is 1.